The Morgan fingerprint density at radius 2 is 1.81 bits per heavy atom. The fourth-order valence-corrected chi connectivity index (χ4v) is 2.35. The summed E-state index contributed by atoms with van der Waals surface area (Å²) >= 11 is 0. The summed E-state index contributed by atoms with van der Waals surface area (Å²) in [4.78, 5) is 12.2. The first kappa shape index (κ1) is 20.2. The third-order valence-corrected chi connectivity index (χ3v) is 3.71. The van der Waals surface area contributed by atoms with E-state index in [1.54, 1.807) is 20.8 Å². The Bertz CT molecular complexity index is 679. The van der Waals surface area contributed by atoms with Gasteiger partial charge in [-0.2, -0.15) is 26.3 Å². The number of carbonyl (C=O) groups is 1. The first-order chi connectivity index (χ1) is 11.7. The molecule has 0 spiro atoms. The number of nitrogens with zero attached hydrogens (tertiary/aromatic N) is 1. The molecule has 1 atom stereocenters. The van der Waals surface area contributed by atoms with Gasteiger partial charge in [-0.15, -0.1) is 0 Å². The average molecular weight is 384 g/mol. The first-order valence-corrected chi connectivity index (χ1v) is 7.67. The van der Waals surface area contributed by atoms with Crippen LogP contribution in [0.2, 0.25) is 0 Å². The number of alkyl halides is 6. The molecule has 0 bridgehead atoms. The van der Waals surface area contributed by atoms with Gasteiger partial charge in [0, 0.05) is 17.2 Å². The molecule has 1 amide bonds. The van der Waals surface area contributed by atoms with Gasteiger partial charge in [-0.25, -0.2) is 0 Å². The zero-order valence-electron chi connectivity index (χ0n) is 14.3. The molecule has 1 aliphatic heterocycles. The minimum absolute atomic E-state index is 0.151. The summed E-state index contributed by atoms with van der Waals surface area (Å²) in [6.45, 7) is 2.26. The molecule has 1 aromatic carbocycles. The summed E-state index contributed by atoms with van der Waals surface area (Å²) < 4.78 is 82.6. The van der Waals surface area contributed by atoms with Crippen molar-refractivity contribution < 1.29 is 35.9 Å². The van der Waals surface area contributed by atoms with Gasteiger partial charge in [0.25, 0.3) is 0 Å². The Hall–Kier alpha value is -2.13. The van der Waals surface area contributed by atoms with Crippen LogP contribution in [0, 0.1) is 5.41 Å². The van der Waals surface area contributed by atoms with E-state index in [1.165, 1.54) is 12.1 Å². The van der Waals surface area contributed by atoms with Crippen LogP contribution in [0.25, 0.3) is 0 Å². The van der Waals surface area contributed by atoms with Crippen molar-refractivity contribution in [2.75, 3.05) is 23.4 Å². The molecule has 0 radical (unpaired) electrons. The quantitative estimate of drug-likeness (QED) is 0.771. The Labute approximate surface area is 146 Å². The smallest absolute Gasteiger partial charge is 0.412 e. The van der Waals surface area contributed by atoms with Gasteiger partial charge in [0.05, 0.1) is 5.69 Å². The van der Waals surface area contributed by atoms with Gasteiger partial charge in [0.1, 0.15) is 18.9 Å². The highest BCUT2D eigenvalue weighted by molar-refractivity contribution is 5.95. The lowest BCUT2D eigenvalue weighted by Gasteiger charge is -2.39. The number of rotatable bonds is 2. The number of halogens is 6. The van der Waals surface area contributed by atoms with Crippen LogP contribution < -0.4 is 15.0 Å². The number of ether oxygens (including phenoxy) is 1. The molecule has 1 aliphatic rings. The molecule has 10 heteroatoms. The number of amides is 1. The molecule has 2 rings (SSSR count). The molecule has 1 heterocycles. The van der Waals surface area contributed by atoms with Crippen molar-refractivity contribution in [3.05, 3.63) is 18.2 Å². The van der Waals surface area contributed by atoms with Crippen LogP contribution in [0.4, 0.5) is 37.7 Å². The molecule has 0 aliphatic carbocycles. The summed E-state index contributed by atoms with van der Waals surface area (Å²) in [7, 11) is 0. The van der Waals surface area contributed by atoms with Gasteiger partial charge in [-0.3, -0.25) is 4.79 Å². The van der Waals surface area contributed by atoms with E-state index in [0.717, 1.165) is 6.07 Å². The van der Waals surface area contributed by atoms with Crippen LogP contribution in [0.5, 0.6) is 5.75 Å². The topological polar surface area (TPSA) is 41.6 Å². The Balaban J connectivity index is 2.35. The average Bonchev–Trinajstić information content (AvgIpc) is 2.43. The highest BCUT2D eigenvalue weighted by Gasteiger charge is 2.50. The lowest BCUT2D eigenvalue weighted by molar-refractivity contribution is -0.166. The Kier molecular flexibility index (Phi) is 5.08. The van der Waals surface area contributed by atoms with Crippen molar-refractivity contribution in [3.63, 3.8) is 0 Å². The molecule has 0 aromatic heterocycles. The van der Waals surface area contributed by atoms with Gasteiger partial charge >= 0.3 is 12.4 Å². The largest absolute Gasteiger partial charge is 0.489 e. The third kappa shape index (κ3) is 4.73. The molecule has 4 nitrogen and oxygen atoms in total. The molecule has 0 saturated heterocycles. The lowest BCUT2D eigenvalue weighted by atomic mass is 9.95. The first-order valence-electron chi connectivity index (χ1n) is 7.67. The second-order valence-electron chi connectivity index (χ2n) is 7.00. The van der Waals surface area contributed by atoms with Crippen molar-refractivity contribution >= 4 is 17.3 Å². The fraction of sp³-hybridized carbons (Fsp3) is 0.562. The van der Waals surface area contributed by atoms with E-state index in [1.807, 2.05) is 0 Å². The van der Waals surface area contributed by atoms with Crippen molar-refractivity contribution in [2.45, 2.75) is 39.2 Å². The molecule has 26 heavy (non-hydrogen) atoms. The monoisotopic (exact) mass is 384 g/mol. The van der Waals surface area contributed by atoms with Crippen molar-refractivity contribution in [2.24, 2.45) is 5.41 Å². The third-order valence-electron chi connectivity index (χ3n) is 3.71. The van der Waals surface area contributed by atoms with Crippen LogP contribution >= 0.6 is 0 Å². The number of benzene rings is 1. The maximum Gasteiger partial charge on any atom is 0.412 e. The molecule has 0 fully saturated rings. The maximum absolute atomic E-state index is 13.1. The maximum atomic E-state index is 13.1. The Morgan fingerprint density at radius 3 is 2.31 bits per heavy atom. The molecular formula is C16H18F6N2O2. The highest BCUT2D eigenvalue weighted by Crippen LogP contribution is 2.41. The summed E-state index contributed by atoms with van der Waals surface area (Å²) in [6, 6.07) is 1.13. The van der Waals surface area contributed by atoms with Crippen LogP contribution in [0.3, 0.4) is 0 Å². The zero-order valence-corrected chi connectivity index (χ0v) is 14.3. The van der Waals surface area contributed by atoms with Gasteiger partial charge in [-0.05, 0) is 12.1 Å². The van der Waals surface area contributed by atoms with Crippen LogP contribution in [-0.2, 0) is 4.79 Å². The number of hydrogen-bond acceptors (Lipinski definition) is 3. The van der Waals surface area contributed by atoms with E-state index < -0.39 is 37.0 Å². The summed E-state index contributed by atoms with van der Waals surface area (Å²) in [5.74, 6) is -0.505. The number of anilines is 2. The van der Waals surface area contributed by atoms with Crippen molar-refractivity contribution in [1.82, 2.24) is 0 Å². The fourth-order valence-electron chi connectivity index (χ4n) is 2.35. The molecule has 1 unspecified atom stereocenters. The number of hydrogen-bond donors (Lipinski definition) is 1. The second kappa shape index (κ2) is 6.55. The van der Waals surface area contributed by atoms with Gasteiger partial charge in [0.2, 0.25) is 5.91 Å². The normalized spacial score (nSPS) is 18.2. The van der Waals surface area contributed by atoms with E-state index in [0.29, 0.717) is 0 Å². The van der Waals surface area contributed by atoms with Gasteiger partial charge in [-0.1, -0.05) is 20.8 Å². The standard InChI is InChI=1S/C16H18F6N2O2/c1-14(2,3)13(25)23-9-4-5-10-11(6-9)26-7-12(16(20,21)22)24(10)8-15(17,18)19/h4-6,12H,7-8H2,1-3H3,(H,23,25). The van der Waals surface area contributed by atoms with Gasteiger partial charge in [0.15, 0.2) is 6.04 Å². The number of nitrogens with one attached hydrogen (secondary N) is 1. The summed E-state index contributed by atoms with van der Waals surface area (Å²) in [5, 5.41) is 2.55. The lowest BCUT2D eigenvalue weighted by Crippen LogP contribution is -2.54. The number of carbonyl (C=O) groups excluding carboxylic acids is 1. The summed E-state index contributed by atoms with van der Waals surface area (Å²) in [5.41, 5.74) is -0.828. The van der Waals surface area contributed by atoms with Crippen LogP contribution in [-0.4, -0.2) is 37.5 Å². The number of fused-ring (bicyclic) bond motifs is 1. The van der Waals surface area contributed by atoms with E-state index in [9.17, 15) is 31.1 Å². The SMILES string of the molecule is CC(C)(C)C(=O)Nc1ccc2c(c1)OCC(C(F)(F)F)N2CC(F)(F)F. The minimum Gasteiger partial charge on any atom is -0.489 e. The Morgan fingerprint density at radius 1 is 1.19 bits per heavy atom. The van der Waals surface area contributed by atoms with Gasteiger partial charge < -0.3 is 15.0 Å². The zero-order chi connectivity index (χ0) is 19.9. The van der Waals surface area contributed by atoms with E-state index in [-0.39, 0.29) is 27.9 Å². The van der Waals surface area contributed by atoms with E-state index in [2.05, 4.69) is 5.32 Å². The molecule has 146 valence electrons. The predicted molar refractivity (Wildman–Crippen MR) is 83.3 cm³/mol. The predicted octanol–water partition coefficient (Wildman–Crippen LogP) is 4.36. The van der Waals surface area contributed by atoms with Crippen LogP contribution in [0.15, 0.2) is 18.2 Å². The van der Waals surface area contributed by atoms with E-state index >= 15 is 0 Å². The minimum atomic E-state index is -4.89. The molecule has 0 saturated carbocycles. The highest BCUT2D eigenvalue weighted by atomic mass is 19.4. The van der Waals surface area contributed by atoms with E-state index in [4.69, 9.17) is 4.74 Å². The second-order valence-corrected chi connectivity index (χ2v) is 7.00. The van der Waals surface area contributed by atoms with Crippen molar-refractivity contribution in [3.8, 4) is 5.75 Å². The molecular weight excluding hydrogens is 366 g/mol. The van der Waals surface area contributed by atoms with Crippen molar-refractivity contribution in [1.29, 1.82) is 0 Å². The summed E-state index contributed by atoms with van der Waals surface area (Å²) in [6.07, 6.45) is -9.71. The molecule has 1 N–H and O–H groups in total. The molecule has 1 aromatic rings. The van der Waals surface area contributed by atoms with Crippen LogP contribution in [0.1, 0.15) is 20.8 Å².